The number of aliphatic hydroxyl groups is 1. The average molecular weight is 389 g/mol. The molecule has 3 saturated carbocycles. The second-order valence-corrected chi connectivity index (χ2v) is 10.6. The number of aliphatic carboxylic acids is 1. The van der Waals surface area contributed by atoms with Crippen molar-refractivity contribution in [3.05, 3.63) is 11.6 Å². The van der Waals surface area contributed by atoms with Gasteiger partial charge in [0.05, 0.1) is 5.60 Å². The number of hydrogen-bond donors (Lipinski definition) is 2. The van der Waals surface area contributed by atoms with Crippen molar-refractivity contribution in [3.8, 4) is 0 Å². The Labute approximate surface area is 168 Å². The topological polar surface area (TPSA) is 74.6 Å². The zero-order valence-corrected chi connectivity index (χ0v) is 17.7. The molecule has 0 radical (unpaired) electrons. The first-order valence-electron chi connectivity index (χ1n) is 11.3. The van der Waals surface area contributed by atoms with E-state index in [1.165, 1.54) is 5.57 Å². The lowest BCUT2D eigenvalue weighted by Gasteiger charge is -2.60. The van der Waals surface area contributed by atoms with Crippen molar-refractivity contribution in [2.24, 2.45) is 34.5 Å². The minimum atomic E-state index is -0.845. The summed E-state index contributed by atoms with van der Waals surface area (Å²) in [7, 11) is 0. The smallest absolute Gasteiger partial charge is 0.303 e. The molecular formula is C24H36O4. The maximum Gasteiger partial charge on any atom is 0.303 e. The monoisotopic (exact) mass is 388 g/mol. The van der Waals surface area contributed by atoms with Crippen LogP contribution in [-0.2, 0) is 9.59 Å². The van der Waals surface area contributed by atoms with Crippen LogP contribution >= 0.6 is 0 Å². The highest BCUT2D eigenvalue weighted by molar-refractivity contribution is 5.91. The molecule has 0 aromatic rings. The summed E-state index contributed by atoms with van der Waals surface area (Å²) < 4.78 is 0. The predicted octanol–water partition coefficient (Wildman–Crippen LogP) is 4.75. The average Bonchev–Trinajstić information content (AvgIpc) is 2.92. The molecule has 4 nitrogen and oxygen atoms in total. The number of carbonyl (C=O) groups excluding carboxylic acids is 1. The van der Waals surface area contributed by atoms with E-state index < -0.39 is 11.6 Å². The number of rotatable bonds is 4. The highest BCUT2D eigenvalue weighted by Crippen LogP contribution is 2.69. The Bertz CT molecular complexity index is 711. The van der Waals surface area contributed by atoms with Crippen molar-refractivity contribution < 1.29 is 19.8 Å². The molecule has 0 bridgehead atoms. The Morgan fingerprint density at radius 2 is 1.89 bits per heavy atom. The van der Waals surface area contributed by atoms with Crippen molar-refractivity contribution in [2.45, 2.75) is 90.6 Å². The summed E-state index contributed by atoms with van der Waals surface area (Å²) in [6.07, 6.45) is 10.1. The highest BCUT2D eigenvalue weighted by Gasteiger charge is 2.64. The summed E-state index contributed by atoms with van der Waals surface area (Å²) in [6.45, 7) is 6.88. The third-order valence-electron chi connectivity index (χ3n) is 9.69. The van der Waals surface area contributed by atoms with Crippen molar-refractivity contribution in [3.63, 3.8) is 0 Å². The summed E-state index contributed by atoms with van der Waals surface area (Å²) in [5.41, 5.74) is 0.516. The highest BCUT2D eigenvalue weighted by atomic mass is 16.4. The molecule has 4 rings (SSSR count). The van der Waals surface area contributed by atoms with E-state index in [-0.39, 0.29) is 17.3 Å². The molecule has 0 aromatic heterocycles. The van der Waals surface area contributed by atoms with Gasteiger partial charge in [-0.15, -0.1) is 0 Å². The van der Waals surface area contributed by atoms with Crippen molar-refractivity contribution in [1.29, 1.82) is 0 Å². The van der Waals surface area contributed by atoms with E-state index in [9.17, 15) is 14.7 Å². The van der Waals surface area contributed by atoms with Crippen LogP contribution in [0.25, 0.3) is 0 Å². The van der Waals surface area contributed by atoms with E-state index in [0.717, 1.165) is 44.9 Å². The summed E-state index contributed by atoms with van der Waals surface area (Å²) in [4.78, 5) is 23.3. The molecule has 2 N–H and O–H groups in total. The number of carbonyl (C=O) groups is 2. The zero-order valence-electron chi connectivity index (χ0n) is 17.7. The SMILES string of the molecule is CC[C@@H]1C[C@@H]2[C@H](CC[C@@]3(C)[C@H]2CC[C@@]3(O)CCC(=O)O)[C@@]2(C)CCC(=O)C=C12. The number of fused-ring (bicyclic) bond motifs is 5. The normalized spacial score (nSPS) is 47.7. The molecule has 0 aliphatic heterocycles. The van der Waals surface area contributed by atoms with Gasteiger partial charge in [-0.25, -0.2) is 0 Å². The van der Waals surface area contributed by atoms with Crippen molar-refractivity contribution in [1.82, 2.24) is 0 Å². The molecule has 3 fully saturated rings. The molecule has 4 aliphatic rings. The van der Waals surface area contributed by atoms with Gasteiger partial charge in [0.15, 0.2) is 5.78 Å². The minimum Gasteiger partial charge on any atom is -0.481 e. The second kappa shape index (κ2) is 6.68. The molecular weight excluding hydrogens is 352 g/mol. The van der Waals surface area contributed by atoms with Gasteiger partial charge in [0.2, 0.25) is 0 Å². The number of allylic oxidation sites excluding steroid dienone is 1. The lowest BCUT2D eigenvalue weighted by molar-refractivity contribution is -0.148. The van der Waals surface area contributed by atoms with Gasteiger partial charge in [-0.3, -0.25) is 9.59 Å². The van der Waals surface area contributed by atoms with Crippen LogP contribution in [0.2, 0.25) is 0 Å². The fourth-order valence-electron chi connectivity index (χ4n) is 8.01. The lowest BCUT2D eigenvalue weighted by Crippen LogP contribution is -2.56. The summed E-state index contributed by atoms with van der Waals surface area (Å²) in [5.74, 6) is 1.61. The molecule has 156 valence electrons. The molecule has 0 saturated heterocycles. The maximum atomic E-state index is 12.2. The van der Waals surface area contributed by atoms with Crippen molar-refractivity contribution in [2.75, 3.05) is 0 Å². The first-order valence-corrected chi connectivity index (χ1v) is 11.3. The van der Waals surface area contributed by atoms with E-state index >= 15 is 0 Å². The molecule has 0 spiro atoms. The largest absolute Gasteiger partial charge is 0.481 e. The summed E-state index contributed by atoms with van der Waals surface area (Å²) in [6, 6.07) is 0. The van der Waals surface area contributed by atoms with Crippen LogP contribution in [0.1, 0.15) is 85.0 Å². The first kappa shape index (κ1) is 20.1. The van der Waals surface area contributed by atoms with Crippen molar-refractivity contribution >= 4 is 11.8 Å². The van der Waals surface area contributed by atoms with Crippen LogP contribution in [0.4, 0.5) is 0 Å². The Morgan fingerprint density at radius 1 is 1.18 bits per heavy atom. The van der Waals surface area contributed by atoms with E-state index in [2.05, 4.69) is 20.8 Å². The molecule has 0 heterocycles. The molecule has 0 aromatic carbocycles. The Kier molecular flexibility index (Phi) is 4.80. The molecule has 4 heteroatoms. The number of ketones is 1. The Morgan fingerprint density at radius 3 is 2.57 bits per heavy atom. The predicted molar refractivity (Wildman–Crippen MR) is 108 cm³/mol. The van der Waals surface area contributed by atoms with E-state index in [4.69, 9.17) is 5.11 Å². The van der Waals surface area contributed by atoms with Crippen LogP contribution in [0.5, 0.6) is 0 Å². The second-order valence-electron chi connectivity index (χ2n) is 10.6. The maximum absolute atomic E-state index is 12.2. The van der Waals surface area contributed by atoms with Crippen LogP contribution < -0.4 is 0 Å². The van der Waals surface area contributed by atoms with Gasteiger partial charge in [-0.1, -0.05) is 26.3 Å². The van der Waals surface area contributed by atoms with E-state index in [1.54, 1.807) is 0 Å². The van der Waals surface area contributed by atoms with Crippen LogP contribution in [0, 0.1) is 34.5 Å². The fraction of sp³-hybridized carbons (Fsp3) is 0.833. The lowest BCUT2D eigenvalue weighted by atomic mass is 9.44. The van der Waals surface area contributed by atoms with Crippen LogP contribution in [0.15, 0.2) is 11.6 Å². The van der Waals surface area contributed by atoms with Gasteiger partial charge in [-0.05, 0) is 91.9 Å². The van der Waals surface area contributed by atoms with Gasteiger partial charge in [0, 0.05) is 12.8 Å². The number of hydrogen-bond acceptors (Lipinski definition) is 3. The van der Waals surface area contributed by atoms with E-state index in [1.807, 2.05) is 6.08 Å². The quantitative estimate of drug-likeness (QED) is 0.729. The van der Waals surface area contributed by atoms with Gasteiger partial charge in [-0.2, -0.15) is 0 Å². The van der Waals surface area contributed by atoms with Gasteiger partial charge in [0.1, 0.15) is 0 Å². The molecule has 0 amide bonds. The van der Waals surface area contributed by atoms with Crippen LogP contribution in [-0.4, -0.2) is 27.6 Å². The Balaban J connectivity index is 1.66. The third kappa shape index (κ3) is 2.74. The molecule has 4 aliphatic carbocycles. The number of carboxylic acid groups (broad SMARTS) is 1. The standard InChI is InChI=1S/C24H36O4/c1-4-15-13-17-18(22(2)9-5-16(25)14-20(15)22)6-10-23(3)19(17)7-11-24(23,28)12-8-21(26)27/h14-15,17-19,28H,4-13H2,1-3H3,(H,26,27)/t15-,17-,18+,19+,22-,23+,24-/m1/s1. The summed E-state index contributed by atoms with van der Waals surface area (Å²) in [5, 5.41) is 20.7. The van der Waals surface area contributed by atoms with Gasteiger partial charge in [0.25, 0.3) is 0 Å². The van der Waals surface area contributed by atoms with E-state index in [0.29, 0.717) is 42.3 Å². The molecule has 28 heavy (non-hydrogen) atoms. The van der Waals surface area contributed by atoms with Gasteiger partial charge < -0.3 is 10.2 Å². The van der Waals surface area contributed by atoms with Gasteiger partial charge >= 0.3 is 5.97 Å². The Hall–Kier alpha value is -1.16. The van der Waals surface area contributed by atoms with Crippen LogP contribution in [0.3, 0.4) is 0 Å². The zero-order chi connectivity index (χ0) is 20.3. The minimum absolute atomic E-state index is 0.0528. The first-order chi connectivity index (χ1) is 13.1. The number of carboxylic acids is 1. The molecule has 0 unspecified atom stereocenters. The third-order valence-corrected chi connectivity index (χ3v) is 9.69. The fourth-order valence-corrected chi connectivity index (χ4v) is 8.01. The summed E-state index contributed by atoms with van der Waals surface area (Å²) >= 11 is 0. The molecule has 7 atom stereocenters.